The molecule has 1 amide bonds. The fourth-order valence-electron chi connectivity index (χ4n) is 1.29. The predicted octanol–water partition coefficient (Wildman–Crippen LogP) is 4.22. The van der Waals surface area contributed by atoms with Gasteiger partial charge in [0.25, 0.3) is 5.91 Å². The van der Waals surface area contributed by atoms with Gasteiger partial charge in [-0.2, -0.15) is 13.2 Å². The Morgan fingerprint density at radius 2 is 2.11 bits per heavy atom. The van der Waals surface area contributed by atoms with Crippen LogP contribution in [-0.2, 0) is 0 Å². The van der Waals surface area contributed by atoms with E-state index in [2.05, 4.69) is 31.9 Å². The van der Waals surface area contributed by atoms with Crippen molar-refractivity contribution < 1.29 is 18.0 Å². The van der Waals surface area contributed by atoms with Crippen LogP contribution in [0.3, 0.4) is 0 Å². The van der Waals surface area contributed by atoms with Gasteiger partial charge in [-0.25, -0.2) is 0 Å². The van der Waals surface area contributed by atoms with E-state index in [0.717, 1.165) is 25.6 Å². The van der Waals surface area contributed by atoms with E-state index in [0.29, 0.717) is 10.2 Å². The van der Waals surface area contributed by atoms with Crippen LogP contribution in [0, 0.1) is 6.92 Å². The Bertz CT molecular complexity index is 414. The first-order chi connectivity index (χ1) is 8.24. The minimum atomic E-state index is -4.39. The predicted molar refractivity (Wildman–Crippen MR) is 72.5 cm³/mol. The van der Waals surface area contributed by atoms with Crippen LogP contribution >= 0.6 is 43.2 Å². The van der Waals surface area contributed by atoms with Crippen LogP contribution in [-0.4, -0.2) is 35.4 Å². The van der Waals surface area contributed by atoms with Crippen LogP contribution in [0.2, 0.25) is 0 Å². The SMILES string of the molecule is Cc1cc(C(=O)N(CCBr)CC(F)(F)F)sc1Br. The maximum atomic E-state index is 12.4. The zero-order chi connectivity index (χ0) is 13.9. The summed E-state index contributed by atoms with van der Waals surface area (Å²) in [7, 11) is 0. The van der Waals surface area contributed by atoms with Crippen LogP contribution in [0.4, 0.5) is 13.2 Å². The van der Waals surface area contributed by atoms with Crippen LogP contribution in [0.25, 0.3) is 0 Å². The van der Waals surface area contributed by atoms with Crippen molar-refractivity contribution in [3.63, 3.8) is 0 Å². The molecule has 0 aromatic carbocycles. The second-order valence-corrected chi connectivity index (χ2v) is 6.76. The van der Waals surface area contributed by atoms with Crippen LogP contribution in [0.1, 0.15) is 15.2 Å². The molecule has 1 aromatic heterocycles. The van der Waals surface area contributed by atoms with E-state index in [-0.39, 0.29) is 6.54 Å². The molecule has 1 heterocycles. The van der Waals surface area contributed by atoms with E-state index in [1.165, 1.54) is 0 Å². The van der Waals surface area contributed by atoms with E-state index < -0.39 is 18.6 Å². The van der Waals surface area contributed by atoms with Crippen molar-refractivity contribution in [3.8, 4) is 0 Å². The molecule has 0 atom stereocenters. The molecule has 0 aliphatic rings. The number of thiophene rings is 1. The fraction of sp³-hybridized carbons (Fsp3) is 0.500. The highest BCUT2D eigenvalue weighted by Crippen LogP contribution is 2.29. The normalized spacial score (nSPS) is 11.7. The number of nitrogens with zero attached hydrogens (tertiary/aromatic N) is 1. The van der Waals surface area contributed by atoms with Crippen molar-refractivity contribution in [3.05, 3.63) is 20.3 Å². The number of hydrogen-bond donors (Lipinski definition) is 0. The standard InChI is InChI=1S/C10H10Br2F3NOS/c1-6-4-7(18-8(6)12)9(17)16(3-2-11)5-10(13,14)15/h4H,2-3,5H2,1H3. The molecule has 1 aromatic rings. The van der Waals surface area contributed by atoms with Crippen molar-refractivity contribution in [1.29, 1.82) is 0 Å². The van der Waals surface area contributed by atoms with E-state index in [1.807, 2.05) is 0 Å². The number of alkyl halides is 4. The molecule has 0 radical (unpaired) electrons. The summed E-state index contributed by atoms with van der Waals surface area (Å²) >= 11 is 7.45. The van der Waals surface area contributed by atoms with Crippen LogP contribution in [0.15, 0.2) is 9.85 Å². The van der Waals surface area contributed by atoms with Gasteiger partial charge in [0.2, 0.25) is 0 Å². The van der Waals surface area contributed by atoms with Crippen molar-refractivity contribution in [1.82, 2.24) is 4.90 Å². The Kier molecular flexibility index (Phi) is 5.67. The molecular formula is C10H10Br2F3NOS. The minimum Gasteiger partial charge on any atom is -0.328 e. The summed E-state index contributed by atoms with van der Waals surface area (Å²) < 4.78 is 37.9. The summed E-state index contributed by atoms with van der Waals surface area (Å²) in [6.07, 6.45) is -4.39. The largest absolute Gasteiger partial charge is 0.406 e. The minimum absolute atomic E-state index is 0.0207. The highest BCUT2D eigenvalue weighted by molar-refractivity contribution is 9.11. The van der Waals surface area contributed by atoms with E-state index >= 15 is 0 Å². The number of rotatable bonds is 4. The van der Waals surface area contributed by atoms with Crippen molar-refractivity contribution >= 4 is 49.1 Å². The second-order valence-electron chi connectivity index (χ2n) is 3.60. The summed E-state index contributed by atoms with van der Waals surface area (Å²) in [5.74, 6) is -0.592. The van der Waals surface area contributed by atoms with Gasteiger partial charge in [0, 0.05) is 11.9 Å². The molecule has 0 saturated carbocycles. The molecular weight excluding hydrogens is 399 g/mol. The van der Waals surface area contributed by atoms with Gasteiger partial charge in [0.15, 0.2) is 0 Å². The first kappa shape index (κ1) is 16.0. The van der Waals surface area contributed by atoms with Gasteiger partial charge >= 0.3 is 6.18 Å². The van der Waals surface area contributed by atoms with Gasteiger partial charge in [-0.1, -0.05) is 15.9 Å². The number of hydrogen-bond acceptors (Lipinski definition) is 2. The van der Waals surface area contributed by atoms with Crippen LogP contribution < -0.4 is 0 Å². The molecule has 18 heavy (non-hydrogen) atoms. The number of aryl methyl sites for hydroxylation is 1. The van der Waals surface area contributed by atoms with Crippen molar-refractivity contribution in [2.75, 3.05) is 18.4 Å². The average Bonchev–Trinajstić information content (AvgIpc) is 2.56. The molecule has 0 bridgehead atoms. The second kappa shape index (κ2) is 6.38. The highest BCUT2D eigenvalue weighted by atomic mass is 79.9. The molecule has 2 nitrogen and oxygen atoms in total. The number of halogens is 5. The van der Waals surface area contributed by atoms with E-state index in [9.17, 15) is 18.0 Å². The Morgan fingerprint density at radius 1 is 1.50 bits per heavy atom. The number of carbonyl (C=O) groups is 1. The monoisotopic (exact) mass is 407 g/mol. The first-order valence-corrected chi connectivity index (χ1v) is 7.65. The Labute approximate surface area is 123 Å². The van der Waals surface area contributed by atoms with Crippen molar-refractivity contribution in [2.45, 2.75) is 13.1 Å². The topological polar surface area (TPSA) is 20.3 Å². The lowest BCUT2D eigenvalue weighted by Crippen LogP contribution is -2.39. The smallest absolute Gasteiger partial charge is 0.328 e. The third-order valence-electron chi connectivity index (χ3n) is 2.08. The Balaban J connectivity index is 2.88. The third-order valence-corrected chi connectivity index (χ3v) is 4.56. The summed E-state index contributed by atoms with van der Waals surface area (Å²) in [5, 5.41) is 0.306. The number of amides is 1. The highest BCUT2D eigenvalue weighted by Gasteiger charge is 2.33. The van der Waals surface area contributed by atoms with Gasteiger partial charge in [0.05, 0.1) is 8.66 Å². The Hall–Kier alpha value is -0.0800. The van der Waals surface area contributed by atoms with Gasteiger partial charge < -0.3 is 4.90 Å². The molecule has 0 spiro atoms. The van der Waals surface area contributed by atoms with E-state index in [1.54, 1.807) is 13.0 Å². The summed E-state index contributed by atoms with van der Waals surface area (Å²) in [6, 6.07) is 1.59. The molecule has 102 valence electrons. The average molecular weight is 409 g/mol. The lowest BCUT2D eigenvalue weighted by Gasteiger charge is -2.22. The molecule has 0 N–H and O–H groups in total. The maximum absolute atomic E-state index is 12.4. The van der Waals surface area contributed by atoms with Gasteiger partial charge in [0.1, 0.15) is 6.54 Å². The molecule has 0 unspecified atom stereocenters. The van der Waals surface area contributed by atoms with E-state index in [4.69, 9.17) is 0 Å². The summed E-state index contributed by atoms with van der Waals surface area (Å²) in [6.45, 7) is 0.578. The van der Waals surface area contributed by atoms with Gasteiger partial charge in [-0.3, -0.25) is 4.79 Å². The van der Waals surface area contributed by atoms with Crippen molar-refractivity contribution in [2.24, 2.45) is 0 Å². The summed E-state index contributed by atoms with van der Waals surface area (Å²) in [4.78, 5) is 13.1. The zero-order valence-corrected chi connectivity index (χ0v) is 13.3. The maximum Gasteiger partial charge on any atom is 0.406 e. The summed E-state index contributed by atoms with van der Waals surface area (Å²) in [5.41, 5.74) is 0.842. The van der Waals surface area contributed by atoms with Gasteiger partial charge in [-0.05, 0) is 34.5 Å². The lowest BCUT2D eigenvalue weighted by atomic mass is 10.3. The molecule has 0 aliphatic heterocycles. The lowest BCUT2D eigenvalue weighted by molar-refractivity contribution is -0.140. The third kappa shape index (κ3) is 4.55. The molecule has 8 heteroatoms. The Morgan fingerprint density at radius 3 is 2.50 bits per heavy atom. The quantitative estimate of drug-likeness (QED) is 0.683. The molecule has 1 rings (SSSR count). The number of carbonyl (C=O) groups excluding carboxylic acids is 1. The fourth-order valence-corrected chi connectivity index (χ4v) is 3.22. The molecule has 0 fully saturated rings. The zero-order valence-electron chi connectivity index (χ0n) is 9.35. The van der Waals surface area contributed by atoms with Crippen LogP contribution in [0.5, 0.6) is 0 Å². The van der Waals surface area contributed by atoms with Gasteiger partial charge in [-0.15, -0.1) is 11.3 Å². The molecule has 0 aliphatic carbocycles. The molecule has 0 saturated heterocycles. The first-order valence-electron chi connectivity index (χ1n) is 4.92.